The number of rotatable bonds is 7. The fourth-order valence-electron chi connectivity index (χ4n) is 2.01. The summed E-state index contributed by atoms with van der Waals surface area (Å²) in [5.41, 5.74) is 0.855. The molecule has 0 radical (unpaired) electrons. The van der Waals surface area contributed by atoms with E-state index in [4.69, 9.17) is 32.7 Å². The Morgan fingerprint density at radius 1 is 1.17 bits per heavy atom. The van der Waals surface area contributed by atoms with E-state index in [1.54, 1.807) is 26.4 Å². The van der Waals surface area contributed by atoms with Crippen molar-refractivity contribution in [3.05, 3.63) is 46.2 Å². The second-order valence-electron chi connectivity index (χ2n) is 4.77. The predicted molar refractivity (Wildman–Crippen MR) is 92.7 cm³/mol. The highest BCUT2D eigenvalue weighted by Crippen LogP contribution is 2.25. The van der Waals surface area contributed by atoms with Gasteiger partial charge in [0.05, 0.1) is 19.2 Å². The monoisotopic (exact) mass is 390 g/mol. The van der Waals surface area contributed by atoms with Gasteiger partial charge in [0.15, 0.2) is 0 Å². The molecule has 0 aliphatic heterocycles. The first kappa shape index (κ1) is 18.8. The van der Waals surface area contributed by atoms with E-state index in [0.29, 0.717) is 17.9 Å². The molecule has 1 aromatic heterocycles. The third-order valence-electron chi connectivity index (χ3n) is 3.26. The third kappa shape index (κ3) is 4.51. The minimum Gasteiger partial charge on any atom is -0.497 e. The Hall–Kier alpha value is -1.54. The van der Waals surface area contributed by atoms with Crippen molar-refractivity contribution in [1.82, 2.24) is 9.71 Å². The van der Waals surface area contributed by atoms with Gasteiger partial charge in [-0.05, 0) is 24.1 Å². The van der Waals surface area contributed by atoms with E-state index in [1.807, 2.05) is 6.07 Å². The highest BCUT2D eigenvalue weighted by molar-refractivity contribution is 7.89. The van der Waals surface area contributed by atoms with Gasteiger partial charge in [-0.1, -0.05) is 29.3 Å². The van der Waals surface area contributed by atoms with E-state index in [-0.39, 0.29) is 21.6 Å². The summed E-state index contributed by atoms with van der Waals surface area (Å²) in [4.78, 5) is 3.70. The first-order valence-electron chi connectivity index (χ1n) is 6.89. The standard InChI is InChI=1S/C15H16Cl2N2O4S/c1-22-11-4-3-10(14(7-11)23-2)5-6-19-24(20,21)12-8-13(16)15(17)18-9-12/h3-4,7-9,19H,5-6H2,1-2H3. The van der Waals surface area contributed by atoms with Gasteiger partial charge in [0, 0.05) is 18.8 Å². The lowest BCUT2D eigenvalue weighted by atomic mass is 10.1. The Balaban J connectivity index is 2.06. The normalized spacial score (nSPS) is 11.3. The van der Waals surface area contributed by atoms with E-state index in [2.05, 4.69) is 9.71 Å². The maximum atomic E-state index is 12.2. The molecule has 0 bridgehead atoms. The zero-order valence-electron chi connectivity index (χ0n) is 13.0. The average Bonchev–Trinajstić information content (AvgIpc) is 2.57. The summed E-state index contributed by atoms with van der Waals surface area (Å²) in [5, 5.41) is 0.134. The van der Waals surface area contributed by atoms with Crippen molar-refractivity contribution in [3.63, 3.8) is 0 Å². The molecule has 0 saturated carbocycles. The minimum absolute atomic E-state index is 0.0430. The lowest BCUT2D eigenvalue weighted by molar-refractivity contribution is 0.391. The summed E-state index contributed by atoms with van der Waals surface area (Å²) >= 11 is 11.5. The Bertz CT molecular complexity index is 828. The number of aromatic nitrogens is 1. The number of hydrogen-bond donors (Lipinski definition) is 1. The van der Waals surface area contributed by atoms with Crippen molar-refractivity contribution >= 4 is 33.2 Å². The van der Waals surface area contributed by atoms with Crippen LogP contribution in [0.5, 0.6) is 11.5 Å². The Kier molecular flexibility index (Phi) is 6.28. The number of pyridine rings is 1. The molecule has 0 aliphatic rings. The van der Waals surface area contributed by atoms with E-state index in [0.717, 1.165) is 11.8 Å². The minimum atomic E-state index is -3.72. The summed E-state index contributed by atoms with van der Waals surface area (Å²) in [6.07, 6.45) is 1.60. The van der Waals surface area contributed by atoms with Gasteiger partial charge in [-0.25, -0.2) is 18.1 Å². The van der Waals surface area contributed by atoms with Gasteiger partial charge in [-0.3, -0.25) is 0 Å². The largest absolute Gasteiger partial charge is 0.497 e. The van der Waals surface area contributed by atoms with Crippen molar-refractivity contribution in [1.29, 1.82) is 0 Å². The van der Waals surface area contributed by atoms with Gasteiger partial charge in [0.1, 0.15) is 21.5 Å². The molecule has 0 aliphatic carbocycles. The molecule has 0 fully saturated rings. The van der Waals surface area contributed by atoms with Gasteiger partial charge >= 0.3 is 0 Å². The predicted octanol–water partition coefficient (Wildman–Crippen LogP) is 2.93. The molecule has 24 heavy (non-hydrogen) atoms. The number of methoxy groups -OCH3 is 2. The van der Waals surface area contributed by atoms with Crippen LogP contribution in [0.2, 0.25) is 10.2 Å². The van der Waals surface area contributed by atoms with Crippen LogP contribution in [-0.4, -0.2) is 34.2 Å². The number of nitrogens with zero attached hydrogens (tertiary/aromatic N) is 1. The maximum absolute atomic E-state index is 12.2. The first-order valence-corrected chi connectivity index (χ1v) is 9.13. The van der Waals surface area contributed by atoms with E-state index < -0.39 is 10.0 Å². The van der Waals surface area contributed by atoms with Crippen LogP contribution in [0.25, 0.3) is 0 Å². The van der Waals surface area contributed by atoms with E-state index >= 15 is 0 Å². The van der Waals surface area contributed by atoms with Crippen molar-refractivity contribution in [2.75, 3.05) is 20.8 Å². The summed E-state index contributed by atoms with van der Waals surface area (Å²) < 4.78 is 37.4. The zero-order chi connectivity index (χ0) is 17.7. The third-order valence-corrected chi connectivity index (χ3v) is 5.38. The van der Waals surface area contributed by atoms with Gasteiger partial charge in [0.25, 0.3) is 0 Å². The number of nitrogens with one attached hydrogen (secondary N) is 1. The van der Waals surface area contributed by atoms with Gasteiger partial charge in [-0.2, -0.15) is 0 Å². The van der Waals surface area contributed by atoms with Gasteiger partial charge in [0.2, 0.25) is 10.0 Å². The van der Waals surface area contributed by atoms with E-state index in [1.165, 1.54) is 6.07 Å². The molecule has 1 aromatic carbocycles. The number of ether oxygens (including phenoxy) is 2. The van der Waals surface area contributed by atoms with Crippen LogP contribution in [0.4, 0.5) is 0 Å². The fourth-order valence-corrected chi connectivity index (χ4v) is 3.35. The molecule has 9 heteroatoms. The summed E-state index contributed by atoms with van der Waals surface area (Å²) in [6, 6.07) is 6.61. The fraction of sp³-hybridized carbons (Fsp3) is 0.267. The average molecular weight is 391 g/mol. The van der Waals surface area contributed by atoms with Crippen molar-refractivity contribution in [3.8, 4) is 11.5 Å². The molecule has 0 amide bonds. The molecule has 2 aromatic rings. The highest BCUT2D eigenvalue weighted by atomic mass is 35.5. The molecule has 0 unspecified atom stereocenters. The molecular weight excluding hydrogens is 375 g/mol. The maximum Gasteiger partial charge on any atom is 0.242 e. The molecule has 2 rings (SSSR count). The SMILES string of the molecule is COc1ccc(CCNS(=O)(=O)c2cnc(Cl)c(Cl)c2)c(OC)c1. The van der Waals surface area contributed by atoms with Crippen molar-refractivity contribution < 1.29 is 17.9 Å². The molecule has 1 heterocycles. The molecule has 130 valence electrons. The summed E-state index contributed by atoms with van der Waals surface area (Å²) in [7, 11) is -0.614. The quantitative estimate of drug-likeness (QED) is 0.735. The number of hydrogen-bond acceptors (Lipinski definition) is 5. The van der Waals surface area contributed by atoms with Crippen molar-refractivity contribution in [2.24, 2.45) is 0 Å². The van der Waals surface area contributed by atoms with Gasteiger partial charge < -0.3 is 9.47 Å². The Morgan fingerprint density at radius 3 is 2.54 bits per heavy atom. The number of sulfonamides is 1. The molecule has 6 nitrogen and oxygen atoms in total. The summed E-state index contributed by atoms with van der Waals surface area (Å²) in [6.45, 7) is 0.186. The Morgan fingerprint density at radius 2 is 1.92 bits per heavy atom. The topological polar surface area (TPSA) is 77.5 Å². The van der Waals surface area contributed by atoms with Crippen LogP contribution >= 0.6 is 23.2 Å². The highest BCUT2D eigenvalue weighted by Gasteiger charge is 2.16. The second-order valence-corrected chi connectivity index (χ2v) is 7.30. The molecule has 0 spiro atoms. The summed E-state index contributed by atoms with van der Waals surface area (Å²) in [5.74, 6) is 1.29. The Labute approximate surface area is 150 Å². The lowest BCUT2D eigenvalue weighted by Crippen LogP contribution is -2.26. The lowest BCUT2D eigenvalue weighted by Gasteiger charge is -2.11. The van der Waals surface area contributed by atoms with Crippen LogP contribution in [0.15, 0.2) is 35.4 Å². The van der Waals surface area contributed by atoms with Crippen LogP contribution in [0.3, 0.4) is 0 Å². The van der Waals surface area contributed by atoms with Crippen molar-refractivity contribution in [2.45, 2.75) is 11.3 Å². The van der Waals surface area contributed by atoms with Crippen LogP contribution < -0.4 is 14.2 Å². The molecule has 0 saturated heterocycles. The van der Waals surface area contributed by atoms with Crippen LogP contribution in [0, 0.1) is 0 Å². The molecule has 1 N–H and O–H groups in total. The van der Waals surface area contributed by atoms with Crippen LogP contribution in [-0.2, 0) is 16.4 Å². The number of halogens is 2. The molecular formula is C15H16Cl2N2O4S. The van der Waals surface area contributed by atoms with Crippen LogP contribution in [0.1, 0.15) is 5.56 Å². The molecule has 0 atom stereocenters. The number of benzene rings is 1. The zero-order valence-corrected chi connectivity index (χ0v) is 15.4. The first-order chi connectivity index (χ1) is 11.4. The second kappa shape index (κ2) is 8.02. The smallest absolute Gasteiger partial charge is 0.242 e. The van der Waals surface area contributed by atoms with Gasteiger partial charge in [-0.15, -0.1) is 0 Å². The van der Waals surface area contributed by atoms with E-state index in [9.17, 15) is 8.42 Å².